The molecule has 0 aliphatic rings. The highest BCUT2D eigenvalue weighted by molar-refractivity contribution is 5.56. The maximum Gasteiger partial charge on any atom is 0.142 e. The number of anilines is 2. The van der Waals surface area contributed by atoms with Gasteiger partial charge in [0.25, 0.3) is 0 Å². The Kier molecular flexibility index (Phi) is 8.46. The van der Waals surface area contributed by atoms with E-state index in [1.54, 1.807) is 0 Å². The lowest BCUT2D eigenvalue weighted by atomic mass is 10.1. The van der Waals surface area contributed by atoms with Crippen molar-refractivity contribution in [2.45, 2.75) is 26.9 Å². The third-order valence-corrected chi connectivity index (χ3v) is 4.69. The SMILES string of the molecule is CC(C)CCOc1cccc(NCCNc2ccccc2OCc2ccccc2)c1. The highest BCUT2D eigenvalue weighted by Crippen LogP contribution is 2.24. The van der Waals surface area contributed by atoms with E-state index >= 15 is 0 Å². The molecular weight excluding hydrogens is 372 g/mol. The largest absolute Gasteiger partial charge is 0.494 e. The van der Waals surface area contributed by atoms with E-state index < -0.39 is 0 Å². The number of nitrogens with one attached hydrogen (secondary N) is 2. The highest BCUT2D eigenvalue weighted by atomic mass is 16.5. The Balaban J connectivity index is 1.44. The van der Waals surface area contributed by atoms with Crippen LogP contribution in [-0.4, -0.2) is 19.7 Å². The lowest BCUT2D eigenvalue weighted by molar-refractivity contribution is 0.289. The summed E-state index contributed by atoms with van der Waals surface area (Å²) in [5.41, 5.74) is 3.22. The van der Waals surface area contributed by atoms with Gasteiger partial charge in [0, 0.05) is 24.8 Å². The number of benzene rings is 3. The Labute approximate surface area is 180 Å². The molecule has 0 saturated carbocycles. The molecule has 0 aliphatic heterocycles. The second-order valence-corrected chi connectivity index (χ2v) is 7.68. The molecule has 4 nitrogen and oxygen atoms in total. The molecule has 0 atom stereocenters. The van der Waals surface area contributed by atoms with Crippen LogP contribution in [-0.2, 0) is 6.61 Å². The summed E-state index contributed by atoms with van der Waals surface area (Å²) >= 11 is 0. The van der Waals surface area contributed by atoms with Crippen LogP contribution in [0, 0.1) is 5.92 Å². The highest BCUT2D eigenvalue weighted by Gasteiger charge is 2.03. The van der Waals surface area contributed by atoms with Crippen LogP contribution < -0.4 is 20.1 Å². The second-order valence-electron chi connectivity index (χ2n) is 7.68. The molecule has 0 amide bonds. The molecule has 3 rings (SSSR count). The van der Waals surface area contributed by atoms with E-state index in [0.717, 1.165) is 54.6 Å². The first-order valence-electron chi connectivity index (χ1n) is 10.7. The summed E-state index contributed by atoms with van der Waals surface area (Å²) in [6, 6.07) is 26.4. The smallest absolute Gasteiger partial charge is 0.142 e. The van der Waals surface area contributed by atoms with Crippen molar-refractivity contribution in [3.8, 4) is 11.5 Å². The van der Waals surface area contributed by atoms with Crippen LogP contribution >= 0.6 is 0 Å². The fourth-order valence-electron chi connectivity index (χ4n) is 2.99. The van der Waals surface area contributed by atoms with E-state index in [2.05, 4.69) is 48.7 Å². The van der Waals surface area contributed by atoms with Crippen molar-refractivity contribution >= 4 is 11.4 Å². The molecule has 158 valence electrons. The van der Waals surface area contributed by atoms with Crippen LogP contribution in [0.4, 0.5) is 11.4 Å². The molecular formula is C26H32N2O2. The molecule has 3 aromatic carbocycles. The summed E-state index contributed by atoms with van der Waals surface area (Å²) < 4.78 is 11.8. The van der Waals surface area contributed by atoms with Crippen molar-refractivity contribution in [1.29, 1.82) is 0 Å². The first-order valence-corrected chi connectivity index (χ1v) is 10.7. The van der Waals surface area contributed by atoms with E-state index in [0.29, 0.717) is 12.5 Å². The number of hydrogen-bond donors (Lipinski definition) is 2. The Morgan fingerprint density at radius 3 is 2.37 bits per heavy atom. The summed E-state index contributed by atoms with van der Waals surface area (Å²) in [6.07, 6.45) is 1.06. The maximum absolute atomic E-state index is 6.01. The first-order chi connectivity index (χ1) is 14.7. The zero-order valence-electron chi connectivity index (χ0n) is 17.9. The average molecular weight is 405 g/mol. The van der Waals surface area contributed by atoms with Crippen molar-refractivity contribution < 1.29 is 9.47 Å². The van der Waals surface area contributed by atoms with Crippen LogP contribution in [0.1, 0.15) is 25.8 Å². The Bertz CT molecular complexity index is 881. The van der Waals surface area contributed by atoms with Gasteiger partial charge in [0.2, 0.25) is 0 Å². The van der Waals surface area contributed by atoms with Crippen LogP contribution in [0.25, 0.3) is 0 Å². The minimum Gasteiger partial charge on any atom is -0.494 e. The van der Waals surface area contributed by atoms with Crippen LogP contribution in [0.2, 0.25) is 0 Å². The minimum absolute atomic E-state index is 0.557. The van der Waals surface area contributed by atoms with Crippen molar-refractivity contribution in [2.75, 3.05) is 30.3 Å². The summed E-state index contributed by atoms with van der Waals surface area (Å²) in [5.74, 6) is 2.42. The summed E-state index contributed by atoms with van der Waals surface area (Å²) in [4.78, 5) is 0. The van der Waals surface area contributed by atoms with Gasteiger partial charge in [-0.15, -0.1) is 0 Å². The summed E-state index contributed by atoms with van der Waals surface area (Å²) in [5, 5.41) is 6.91. The third kappa shape index (κ3) is 7.36. The summed E-state index contributed by atoms with van der Waals surface area (Å²) in [6.45, 7) is 7.30. The van der Waals surface area contributed by atoms with Gasteiger partial charge in [-0.25, -0.2) is 0 Å². The number of rotatable bonds is 12. The molecule has 0 aliphatic carbocycles. The molecule has 30 heavy (non-hydrogen) atoms. The number of ether oxygens (including phenoxy) is 2. The monoisotopic (exact) mass is 404 g/mol. The minimum atomic E-state index is 0.557. The van der Waals surface area contributed by atoms with Crippen molar-refractivity contribution in [1.82, 2.24) is 0 Å². The van der Waals surface area contributed by atoms with Crippen LogP contribution in [0.5, 0.6) is 11.5 Å². The molecule has 0 saturated heterocycles. The van der Waals surface area contributed by atoms with Gasteiger partial charge in [-0.05, 0) is 42.2 Å². The van der Waals surface area contributed by atoms with Gasteiger partial charge in [-0.3, -0.25) is 0 Å². The lowest BCUT2D eigenvalue weighted by Crippen LogP contribution is -2.14. The van der Waals surface area contributed by atoms with Gasteiger partial charge >= 0.3 is 0 Å². The molecule has 4 heteroatoms. The van der Waals surface area contributed by atoms with Crippen LogP contribution in [0.15, 0.2) is 78.9 Å². The van der Waals surface area contributed by atoms with Gasteiger partial charge in [0.1, 0.15) is 18.1 Å². The summed E-state index contributed by atoms with van der Waals surface area (Å²) in [7, 11) is 0. The Morgan fingerprint density at radius 1 is 0.767 bits per heavy atom. The zero-order valence-corrected chi connectivity index (χ0v) is 17.9. The van der Waals surface area contributed by atoms with E-state index in [1.807, 2.05) is 54.6 Å². The molecule has 0 unspecified atom stereocenters. The van der Waals surface area contributed by atoms with E-state index in [9.17, 15) is 0 Å². The predicted octanol–water partition coefficient (Wildman–Crippen LogP) is 6.21. The maximum atomic E-state index is 6.01. The molecule has 0 fully saturated rings. The third-order valence-electron chi connectivity index (χ3n) is 4.69. The first kappa shape index (κ1) is 21.6. The molecule has 2 N–H and O–H groups in total. The normalized spacial score (nSPS) is 10.6. The molecule has 3 aromatic rings. The average Bonchev–Trinajstić information content (AvgIpc) is 2.77. The van der Waals surface area contributed by atoms with Gasteiger partial charge < -0.3 is 20.1 Å². The zero-order chi connectivity index (χ0) is 21.0. The molecule has 0 spiro atoms. The molecule has 0 radical (unpaired) electrons. The fraction of sp³-hybridized carbons (Fsp3) is 0.308. The van der Waals surface area contributed by atoms with E-state index in [4.69, 9.17) is 9.47 Å². The van der Waals surface area contributed by atoms with Gasteiger partial charge in [0.05, 0.1) is 12.3 Å². The van der Waals surface area contributed by atoms with Crippen molar-refractivity contribution in [3.63, 3.8) is 0 Å². The second kappa shape index (κ2) is 11.8. The van der Waals surface area contributed by atoms with Crippen LogP contribution in [0.3, 0.4) is 0 Å². The topological polar surface area (TPSA) is 42.5 Å². The Hall–Kier alpha value is -3.14. The quantitative estimate of drug-likeness (QED) is 0.352. The number of hydrogen-bond acceptors (Lipinski definition) is 4. The Morgan fingerprint density at radius 2 is 1.53 bits per heavy atom. The predicted molar refractivity (Wildman–Crippen MR) is 126 cm³/mol. The molecule has 0 bridgehead atoms. The lowest BCUT2D eigenvalue weighted by Gasteiger charge is -2.14. The van der Waals surface area contributed by atoms with Crippen molar-refractivity contribution in [2.24, 2.45) is 5.92 Å². The van der Waals surface area contributed by atoms with Gasteiger partial charge in [-0.2, -0.15) is 0 Å². The van der Waals surface area contributed by atoms with Crippen molar-refractivity contribution in [3.05, 3.63) is 84.4 Å². The molecule has 0 aromatic heterocycles. The standard InChI is InChI=1S/C26H32N2O2/c1-21(2)15-18-29-24-12-8-11-23(19-24)27-16-17-28-25-13-6-7-14-26(25)30-20-22-9-4-3-5-10-22/h3-14,19,21,27-28H,15-18,20H2,1-2H3. The van der Waals surface area contributed by atoms with E-state index in [-0.39, 0.29) is 0 Å². The molecule has 0 heterocycles. The number of para-hydroxylation sites is 2. The fourth-order valence-corrected chi connectivity index (χ4v) is 2.99. The van der Waals surface area contributed by atoms with Gasteiger partial charge in [0.15, 0.2) is 0 Å². The van der Waals surface area contributed by atoms with Gasteiger partial charge in [-0.1, -0.05) is 62.4 Å². The van der Waals surface area contributed by atoms with E-state index in [1.165, 1.54) is 0 Å².